The third kappa shape index (κ3) is 3.42. The Morgan fingerprint density at radius 3 is 2.00 bits per heavy atom. The second kappa shape index (κ2) is 6.13. The summed E-state index contributed by atoms with van der Waals surface area (Å²) in [5.41, 5.74) is 1.44. The van der Waals surface area contributed by atoms with Gasteiger partial charge < -0.3 is 5.11 Å². The molecule has 2 rings (SSSR count). The summed E-state index contributed by atoms with van der Waals surface area (Å²) in [5, 5.41) is 9.06. The fourth-order valence-electron chi connectivity index (χ4n) is 2.00. The number of rotatable bonds is 5. The Labute approximate surface area is 122 Å². The molecule has 0 fully saturated rings. The van der Waals surface area contributed by atoms with E-state index in [1.165, 1.54) is 12.1 Å². The third-order valence-electron chi connectivity index (χ3n) is 3.15. The van der Waals surface area contributed by atoms with Crippen molar-refractivity contribution in [2.45, 2.75) is 13.3 Å². The van der Waals surface area contributed by atoms with E-state index in [-0.39, 0.29) is 23.3 Å². The lowest BCUT2D eigenvalue weighted by Gasteiger charge is -2.05. The number of benzene rings is 2. The van der Waals surface area contributed by atoms with Gasteiger partial charge in [-0.2, -0.15) is 0 Å². The molecule has 4 heteroatoms. The molecular formula is C17H14O4. The zero-order valence-electron chi connectivity index (χ0n) is 11.5. The van der Waals surface area contributed by atoms with Gasteiger partial charge in [-0.15, -0.1) is 0 Å². The van der Waals surface area contributed by atoms with Gasteiger partial charge in [0.25, 0.3) is 0 Å². The van der Waals surface area contributed by atoms with Crippen LogP contribution in [0.4, 0.5) is 0 Å². The number of carboxylic acid groups (broad SMARTS) is 1. The zero-order valence-corrected chi connectivity index (χ0v) is 11.5. The van der Waals surface area contributed by atoms with Crippen molar-refractivity contribution in [1.82, 2.24) is 0 Å². The van der Waals surface area contributed by atoms with E-state index in [2.05, 4.69) is 0 Å². The first-order valence-corrected chi connectivity index (χ1v) is 6.44. The summed E-state index contributed by atoms with van der Waals surface area (Å²) in [6.07, 6.45) is -0.340. The summed E-state index contributed by atoms with van der Waals surface area (Å²) in [7, 11) is 0. The molecule has 0 aliphatic heterocycles. The topological polar surface area (TPSA) is 71.4 Å². The van der Waals surface area contributed by atoms with Gasteiger partial charge in [0.1, 0.15) is 0 Å². The minimum atomic E-state index is -1.18. The van der Waals surface area contributed by atoms with E-state index >= 15 is 0 Å². The first-order valence-electron chi connectivity index (χ1n) is 6.44. The molecule has 2 aromatic rings. The fourth-order valence-corrected chi connectivity index (χ4v) is 2.00. The lowest BCUT2D eigenvalue weighted by atomic mass is 9.97. The first-order chi connectivity index (χ1) is 9.99. The first kappa shape index (κ1) is 14.7. The molecule has 21 heavy (non-hydrogen) atoms. The van der Waals surface area contributed by atoms with Crippen LogP contribution in [0.2, 0.25) is 0 Å². The maximum Gasteiger partial charge on any atom is 0.336 e. The standard InChI is InChI=1S/C17H14O4/c1-11-6-8-12(9-7-11)15(18)10-16(19)13-4-2-3-5-14(13)17(20)21/h2-9H,10H2,1H3,(H,20,21). The fraction of sp³-hybridized carbons (Fsp3) is 0.118. The Morgan fingerprint density at radius 2 is 1.43 bits per heavy atom. The molecule has 0 amide bonds. The van der Waals surface area contributed by atoms with Gasteiger partial charge in [0, 0.05) is 11.1 Å². The van der Waals surface area contributed by atoms with E-state index in [4.69, 9.17) is 5.11 Å². The molecule has 0 aromatic heterocycles. The highest BCUT2D eigenvalue weighted by atomic mass is 16.4. The van der Waals surface area contributed by atoms with Gasteiger partial charge in [-0.1, -0.05) is 48.0 Å². The number of carbonyl (C=O) groups excluding carboxylic acids is 2. The molecule has 0 saturated carbocycles. The van der Waals surface area contributed by atoms with Gasteiger partial charge in [-0.3, -0.25) is 9.59 Å². The molecule has 0 aliphatic carbocycles. The van der Waals surface area contributed by atoms with Crippen LogP contribution in [0.15, 0.2) is 48.5 Å². The van der Waals surface area contributed by atoms with E-state index in [9.17, 15) is 14.4 Å². The number of carboxylic acids is 1. The highest BCUT2D eigenvalue weighted by molar-refractivity contribution is 6.16. The van der Waals surface area contributed by atoms with Crippen molar-refractivity contribution in [2.24, 2.45) is 0 Å². The van der Waals surface area contributed by atoms with Crippen molar-refractivity contribution in [3.63, 3.8) is 0 Å². The number of aryl methyl sites for hydroxylation is 1. The number of Topliss-reactive ketones (excluding diaryl/α,β-unsaturated/α-hetero) is 2. The molecule has 0 heterocycles. The maximum atomic E-state index is 12.1. The molecule has 0 aliphatic rings. The Balaban J connectivity index is 2.20. The number of aromatic carboxylic acids is 1. The second-order valence-electron chi connectivity index (χ2n) is 4.74. The van der Waals surface area contributed by atoms with Crippen molar-refractivity contribution in [3.8, 4) is 0 Å². The van der Waals surface area contributed by atoms with E-state index in [1.54, 1.807) is 36.4 Å². The third-order valence-corrected chi connectivity index (χ3v) is 3.15. The van der Waals surface area contributed by atoms with Crippen molar-refractivity contribution in [2.75, 3.05) is 0 Å². The average molecular weight is 282 g/mol. The molecule has 0 radical (unpaired) electrons. The monoisotopic (exact) mass is 282 g/mol. The summed E-state index contributed by atoms with van der Waals surface area (Å²) in [6.45, 7) is 1.91. The molecule has 4 nitrogen and oxygen atoms in total. The lowest BCUT2D eigenvalue weighted by Crippen LogP contribution is -2.13. The van der Waals surface area contributed by atoms with Crippen LogP contribution in [-0.4, -0.2) is 22.6 Å². The normalized spacial score (nSPS) is 10.1. The molecule has 1 N–H and O–H groups in total. The van der Waals surface area contributed by atoms with Crippen LogP contribution in [0, 0.1) is 6.92 Å². The van der Waals surface area contributed by atoms with Gasteiger partial charge in [-0.25, -0.2) is 4.79 Å². The number of ketones is 2. The Kier molecular flexibility index (Phi) is 4.28. The van der Waals surface area contributed by atoms with Crippen molar-refractivity contribution in [3.05, 3.63) is 70.8 Å². The summed E-state index contributed by atoms with van der Waals surface area (Å²) >= 11 is 0. The SMILES string of the molecule is Cc1ccc(C(=O)CC(=O)c2ccccc2C(=O)O)cc1. The predicted molar refractivity (Wildman–Crippen MR) is 77.9 cm³/mol. The van der Waals surface area contributed by atoms with Crippen LogP contribution in [0.25, 0.3) is 0 Å². The van der Waals surface area contributed by atoms with Crippen LogP contribution < -0.4 is 0 Å². The Morgan fingerprint density at radius 1 is 0.857 bits per heavy atom. The molecular weight excluding hydrogens is 268 g/mol. The molecule has 2 aromatic carbocycles. The number of hydrogen-bond acceptors (Lipinski definition) is 3. The smallest absolute Gasteiger partial charge is 0.336 e. The van der Waals surface area contributed by atoms with E-state index in [0.29, 0.717) is 5.56 Å². The average Bonchev–Trinajstić information content (AvgIpc) is 2.47. The zero-order chi connectivity index (χ0) is 15.4. The van der Waals surface area contributed by atoms with Crippen LogP contribution in [0.3, 0.4) is 0 Å². The Hall–Kier alpha value is -2.75. The van der Waals surface area contributed by atoms with Crippen LogP contribution in [-0.2, 0) is 0 Å². The minimum absolute atomic E-state index is 0.0606. The predicted octanol–water partition coefficient (Wildman–Crippen LogP) is 3.15. The second-order valence-corrected chi connectivity index (χ2v) is 4.74. The Bertz CT molecular complexity index is 699. The quantitative estimate of drug-likeness (QED) is 0.675. The summed E-state index contributed by atoms with van der Waals surface area (Å²) < 4.78 is 0. The molecule has 0 spiro atoms. The maximum absolute atomic E-state index is 12.1. The summed E-state index contributed by atoms with van der Waals surface area (Å²) in [4.78, 5) is 35.3. The highest BCUT2D eigenvalue weighted by Gasteiger charge is 2.19. The largest absolute Gasteiger partial charge is 0.478 e. The van der Waals surface area contributed by atoms with Crippen LogP contribution >= 0.6 is 0 Å². The van der Waals surface area contributed by atoms with Gasteiger partial charge in [-0.05, 0) is 13.0 Å². The highest BCUT2D eigenvalue weighted by Crippen LogP contribution is 2.14. The van der Waals surface area contributed by atoms with E-state index in [1.807, 2.05) is 6.92 Å². The van der Waals surface area contributed by atoms with Gasteiger partial charge in [0.15, 0.2) is 11.6 Å². The molecule has 106 valence electrons. The van der Waals surface area contributed by atoms with Crippen LogP contribution in [0.1, 0.15) is 43.1 Å². The molecule has 0 saturated heterocycles. The minimum Gasteiger partial charge on any atom is -0.478 e. The van der Waals surface area contributed by atoms with Gasteiger partial charge in [0.2, 0.25) is 0 Å². The number of carbonyl (C=O) groups is 3. The van der Waals surface area contributed by atoms with Gasteiger partial charge >= 0.3 is 5.97 Å². The van der Waals surface area contributed by atoms with E-state index in [0.717, 1.165) is 5.56 Å². The van der Waals surface area contributed by atoms with Crippen molar-refractivity contribution >= 4 is 17.5 Å². The number of hydrogen-bond donors (Lipinski definition) is 1. The summed E-state index contributed by atoms with van der Waals surface area (Å²) in [6, 6.07) is 12.8. The molecule has 0 atom stereocenters. The molecule has 0 unspecified atom stereocenters. The molecule has 0 bridgehead atoms. The van der Waals surface area contributed by atoms with Crippen molar-refractivity contribution in [1.29, 1.82) is 0 Å². The summed E-state index contributed by atoms with van der Waals surface area (Å²) in [5.74, 6) is -1.99. The lowest BCUT2D eigenvalue weighted by molar-refractivity contribution is 0.0690. The van der Waals surface area contributed by atoms with Crippen molar-refractivity contribution < 1.29 is 19.5 Å². The van der Waals surface area contributed by atoms with E-state index < -0.39 is 11.8 Å². The van der Waals surface area contributed by atoms with Gasteiger partial charge in [0.05, 0.1) is 12.0 Å². The van der Waals surface area contributed by atoms with Crippen LogP contribution in [0.5, 0.6) is 0 Å².